The number of nitrogens with zero attached hydrogens (tertiary/aromatic N) is 2. The molecule has 0 spiro atoms. The standard InChI is InChI=1S/C15H13N3O2S/c1-20-12-5-2-10(3-6-12)13-7-4-11(8-16)15(18-13)21-9-14(17)19/h2-7H,9H2,1H3,(H2,17,19). The van der Waals surface area contributed by atoms with E-state index in [-0.39, 0.29) is 5.75 Å². The predicted molar refractivity (Wildman–Crippen MR) is 80.9 cm³/mol. The van der Waals surface area contributed by atoms with Crippen LogP contribution in [0.2, 0.25) is 0 Å². The highest BCUT2D eigenvalue weighted by Gasteiger charge is 2.09. The molecule has 1 heterocycles. The molecule has 1 aromatic heterocycles. The van der Waals surface area contributed by atoms with Crippen molar-refractivity contribution < 1.29 is 9.53 Å². The third-order valence-corrected chi connectivity index (χ3v) is 3.73. The Bertz CT molecular complexity index is 693. The van der Waals surface area contributed by atoms with Crippen molar-refractivity contribution in [3.8, 4) is 23.1 Å². The minimum Gasteiger partial charge on any atom is -0.497 e. The van der Waals surface area contributed by atoms with Gasteiger partial charge in [-0.3, -0.25) is 4.79 Å². The van der Waals surface area contributed by atoms with Gasteiger partial charge in [-0.15, -0.1) is 0 Å². The van der Waals surface area contributed by atoms with E-state index in [1.165, 1.54) is 0 Å². The van der Waals surface area contributed by atoms with Gasteiger partial charge in [-0.2, -0.15) is 5.26 Å². The number of rotatable bonds is 5. The van der Waals surface area contributed by atoms with Crippen LogP contribution in [0.5, 0.6) is 5.75 Å². The summed E-state index contributed by atoms with van der Waals surface area (Å²) in [5.41, 5.74) is 7.19. The fourth-order valence-electron chi connectivity index (χ4n) is 1.70. The zero-order valence-electron chi connectivity index (χ0n) is 11.4. The van der Waals surface area contributed by atoms with Crippen molar-refractivity contribution in [2.24, 2.45) is 5.73 Å². The summed E-state index contributed by atoms with van der Waals surface area (Å²) in [7, 11) is 1.60. The van der Waals surface area contributed by atoms with Gasteiger partial charge in [-0.05, 0) is 36.4 Å². The van der Waals surface area contributed by atoms with Gasteiger partial charge >= 0.3 is 0 Å². The van der Waals surface area contributed by atoms with Gasteiger partial charge in [-0.25, -0.2) is 4.98 Å². The molecule has 0 unspecified atom stereocenters. The molecule has 6 heteroatoms. The van der Waals surface area contributed by atoms with Crippen molar-refractivity contribution in [3.63, 3.8) is 0 Å². The second-order valence-corrected chi connectivity index (χ2v) is 5.11. The van der Waals surface area contributed by atoms with Crippen molar-refractivity contribution in [2.75, 3.05) is 12.9 Å². The summed E-state index contributed by atoms with van der Waals surface area (Å²) in [6.45, 7) is 0. The van der Waals surface area contributed by atoms with E-state index in [2.05, 4.69) is 11.1 Å². The van der Waals surface area contributed by atoms with E-state index in [9.17, 15) is 4.79 Å². The summed E-state index contributed by atoms with van der Waals surface area (Å²) in [4.78, 5) is 15.3. The number of pyridine rings is 1. The van der Waals surface area contributed by atoms with Crippen LogP contribution in [0.1, 0.15) is 5.56 Å². The van der Waals surface area contributed by atoms with Gasteiger partial charge in [0, 0.05) is 5.56 Å². The van der Waals surface area contributed by atoms with E-state index in [0.29, 0.717) is 10.6 Å². The number of carbonyl (C=O) groups is 1. The molecule has 1 aromatic carbocycles. The lowest BCUT2D eigenvalue weighted by Crippen LogP contribution is -2.13. The van der Waals surface area contributed by atoms with Gasteiger partial charge in [0.15, 0.2) is 0 Å². The van der Waals surface area contributed by atoms with Crippen LogP contribution in [-0.4, -0.2) is 23.8 Å². The number of nitrogens with two attached hydrogens (primary N) is 1. The lowest BCUT2D eigenvalue weighted by molar-refractivity contribution is -0.115. The zero-order valence-corrected chi connectivity index (χ0v) is 12.2. The van der Waals surface area contributed by atoms with Crippen LogP contribution >= 0.6 is 11.8 Å². The largest absolute Gasteiger partial charge is 0.497 e. The maximum absolute atomic E-state index is 10.9. The topological polar surface area (TPSA) is 89.0 Å². The monoisotopic (exact) mass is 299 g/mol. The normalized spacial score (nSPS) is 9.90. The van der Waals surface area contributed by atoms with Crippen LogP contribution in [0.4, 0.5) is 0 Å². The molecule has 5 nitrogen and oxygen atoms in total. The highest BCUT2D eigenvalue weighted by molar-refractivity contribution is 7.99. The molecule has 2 N–H and O–H groups in total. The second-order valence-electron chi connectivity index (χ2n) is 4.14. The smallest absolute Gasteiger partial charge is 0.227 e. The number of primary amides is 1. The summed E-state index contributed by atoms with van der Waals surface area (Å²) in [6, 6.07) is 13.0. The van der Waals surface area contributed by atoms with Gasteiger partial charge in [0.05, 0.1) is 24.1 Å². The summed E-state index contributed by atoms with van der Waals surface area (Å²) in [6.07, 6.45) is 0. The van der Waals surface area contributed by atoms with E-state index in [1.54, 1.807) is 19.2 Å². The number of carbonyl (C=O) groups excluding carboxylic acids is 1. The molecule has 2 rings (SSSR count). The molecule has 0 saturated heterocycles. The fraction of sp³-hybridized carbons (Fsp3) is 0.133. The Hall–Kier alpha value is -2.52. The Labute approximate surface area is 126 Å². The molecule has 1 amide bonds. The van der Waals surface area contributed by atoms with Gasteiger partial charge < -0.3 is 10.5 Å². The lowest BCUT2D eigenvalue weighted by atomic mass is 10.1. The minimum absolute atomic E-state index is 0.0910. The van der Waals surface area contributed by atoms with Crippen molar-refractivity contribution in [1.82, 2.24) is 4.98 Å². The molecule has 21 heavy (non-hydrogen) atoms. The maximum Gasteiger partial charge on any atom is 0.227 e. The molecule has 2 aromatic rings. The second kappa shape index (κ2) is 6.77. The molecule has 0 bridgehead atoms. The quantitative estimate of drug-likeness (QED) is 0.855. The minimum atomic E-state index is -0.444. The molecule has 0 radical (unpaired) electrons. The Morgan fingerprint density at radius 1 is 1.33 bits per heavy atom. The van der Waals surface area contributed by atoms with Gasteiger partial charge in [-0.1, -0.05) is 11.8 Å². The molecular weight excluding hydrogens is 286 g/mol. The summed E-state index contributed by atoms with van der Waals surface area (Å²) in [5.74, 6) is 0.407. The Balaban J connectivity index is 2.33. The predicted octanol–water partition coefficient (Wildman–Crippen LogP) is 2.21. The number of aromatic nitrogens is 1. The third kappa shape index (κ3) is 3.74. The van der Waals surface area contributed by atoms with Crippen molar-refractivity contribution >= 4 is 17.7 Å². The fourth-order valence-corrected chi connectivity index (χ4v) is 2.41. The number of ether oxygens (including phenoxy) is 1. The van der Waals surface area contributed by atoms with Crippen LogP contribution in [0.15, 0.2) is 41.4 Å². The number of amides is 1. The van der Waals surface area contributed by atoms with Crippen LogP contribution in [-0.2, 0) is 4.79 Å². The maximum atomic E-state index is 10.9. The number of thioether (sulfide) groups is 1. The number of nitriles is 1. The van der Waals surface area contributed by atoms with Gasteiger partial charge in [0.25, 0.3) is 0 Å². The molecule has 0 aliphatic carbocycles. The van der Waals surface area contributed by atoms with Crippen molar-refractivity contribution in [2.45, 2.75) is 5.03 Å². The van der Waals surface area contributed by atoms with Crippen LogP contribution in [0.25, 0.3) is 11.3 Å². The third-order valence-electron chi connectivity index (χ3n) is 2.72. The number of benzene rings is 1. The summed E-state index contributed by atoms with van der Waals surface area (Å²) in [5, 5.41) is 9.58. The average molecular weight is 299 g/mol. The highest BCUT2D eigenvalue weighted by atomic mass is 32.2. The SMILES string of the molecule is COc1ccc(-c2ccc(C#N)c(SCC(N)=O)n2)cc1. The van der Waals surface area contributed by atoms with Crippen LogP contribution in [0.3, 0.4) is 0 Å². The van der Waals surface area contributed by atoms with Crippen molar-refractivity contribution in [3.05, 3.63) is 42.0 Å². The highest BCUT2D eigenvalue weighted by Crippen LogP contribution is 2.26. The Morgan fingerprint density at radius 2 is 2.05 bits per heavy atom. The average Bonchev–Trinajstić information content (AvgIpc) is 2.52. The van der Waals surface area contributed by atoms with E-state index in [1.807, 2.05) is 24.3 Å². The van der Waals surface area contributed by atoms with E-state index in [0.717, 1.165) is 28.8 Å². The lowest BCUT2D eigenvalue weighted by Gasteiger charge is -2.06. The van der Waals surface area contributed by atoms with Gasteiger partial charge in [0.2, 0.25) is 5.91 Å². The first-order valence-electron chi connectivity index (χ1n) is 6.10. The molecule has 0 aliphatic rings. The Morgan fingerprint density at radius 3 is 2.62 bits per heavy atom. The molecule has 0 saturated carbocycles. The summed E-state index contributed by atoms with van der Waals surface area (Å²) < 4.78 is 5.11. The van der Waals surface area contributed by atoms with Crippen LogP contribution in [0, 0.1) is 11.3 Å². The number of hydrogen-bond acceptors (Lipinski definition) is 5. The number of hydrogen-bond donors (Lipinski definition) is 1. The first-order valence-corrected chi connectivity index (χ1v) is 7.09. The van der Waals surface area contributed by atoms with E-state index < -0.39 is 5.91 Å². The first-order chi connectivity index (χ1) is 10.1. The van der Waals surface area contributed by atoms with Crippen LogP contribution < -0.4 is 10.5 Å². The molecular formula is C15H13N3O2S. The first kappa shape index (κ1) is 14.9. The zero-order chi connectivity index (χ0) is 15.2. The molecule has 0 aliphatic heterocycles. The molecule has 0 atom stereocenters. The van der Waals surface area contributed by atoms with Gasteiger partial charge in [0.1, 0.15) is 16.8 Å². The summed E-state index contributed by atoms with van der Waals surface area (Å²) >= 11 is 1.16. The van der Waals surface area contributed by atoms with Crippen molar-refractivity contribution in [1.29, 1.82) is 5.26 Å². The molecule has 0 fully saturated rings. The van der Waals surface area contributed by atoms with E-state index >= 15 is 0 Å². The van der Waals surface area contributed by atoms with E-state index in [4.69, 9.17) is 15.7 Å². The molecule has 106 valence electrons. The Kier molecular flexibility index (Phi) is 4.80. The number of methoxy groups -OCH3 is 1.